The molecule has 0 aromatic carbocycles. The first-order valence-corrected chi connectivity index (χ1v) is 3.79. The van der Waals surface area contributed by atoms with Gasteiger partial charge in [-0.25, -0.2) is 0 Å². The second-order valence-electron chi connectivity index (χ2n) is 2.71. The van der Waals surface area contributed by atoms with Crippen molar-refractivity contribution < 1.29 is 0 Å². The molecule has 0 spiro atoms. The summed E-state index contributed by atoms with van der Waals surface area (Å²) in [6.45, 7) is 6.13. The maximum Gasteiger partial charge on any atom is 0.0668 e. The number of hydrogen-bond acceptors (Lipinski definition) is 1. The Kier molecular flexibility index (Phi) is 2.13. The first kappa shape index (κ1) is 8.05. The van der Waals surface area contributed by atoms with E-state index >= 15 is 0 Å². The highest BCUT2D eigenvalue weighted by Gasteiger charge is 2.04. The Labute approximate surface area is 67.5 Å². The number of aryl methyl sites for hydroxylation is 2. The van der Waals surface area contributed by atoms with Crippen LogP contribution in [0.3, 0.4) is 0 Å². The van der Waals surface area contributed by atoms with Gasteiger partial charge in [-0.3, -0.25) is 4.68 Å². The quantitative estimate of drug-likeness (QED) is 0.599. The number of nitrogens with zero attached hydrogens (tertiary/aromatic N) is 2. The Morgan fingerprint density at radius 3 is 2.36 bits per heavy atom. The van der Waals surface area contributed by atoms with Gasteiger partial charge in [-0.2, -0.15) is 5.10 Å². The summed E-state index contributed by atoms with van der Waals surface area (Å²) in [7, 11) is 1.97. The summed E-state index contributed by atoms with van der Waals surface area (Å²) in [4.78, 5) is 0. The molecule has 0 aliphatic heterocycles. The van der Waals surface area contributed by atoms with Crippen LogP contribution in [0, 0.1) is 13.8 Å². The van der Waals surface area contributed by atoms with Crippen molar-refractivity contribution in [3.63, 3.8) is 0 Å². The smallest absolute Gasteiger partial charge is 0.0668 e. The minimum absolute atomic E-state index is 1.10. The van der Waals surface area contributed by atoms with Crippen LogP contribution in [-0.2, 0) is 7.05 Å². The molecule has 0 aliphatic rings. The molecule has 0 N–H and O–H groups in total. The molecular weight excluding hydrogens is 136 g/mol. The molecule has 1 rings (SSSR count). The highest BCUT2D eigenvalue weighted by Crippen LogP contribution is 2.12. The lowest BCUT2D eigenvalue weighted by atomic mass is 10.2. The summed E-state index contributed by atoms with van der Waals surface area (Å²) < 4.78 is 1.91. The van der Waals surface area contributed by atoms with Crippen LogP contribution in [0.15, 0.2) is 6.08 Å². The van der Waals surface area contributed by atoms with Crippen molar-refractivity contribution >= 4 is 6.08 Å². The lowest BCUT2D eigenvalue weighted by molar-refractivity contribution is 0.731. The minimum atomic E-state index is 1.10. The second kappa shape index (κ2) is 2.91. The number of rotatable bonds is 1. The third kappa shape index (κ3) is 1.34. The minimum Gasteiger partial charge on any atom is -0.272 e. The summed E-state index contributed by atoms with van der Waals surface area (Å²) in [6, 6.07) is 0. The van der Waals surface area contributed by atoms with Gasteiger partial charge in [-0.05, 0) is 20.8 Å². The van der Waals surface area contributed by atoms with Gasteiger partial charge in [0.25, 0.3) is 0 Å². The highest BCUT2D eigenvalue weighted by molar-refractivity contribution is 5.53. The van der Waals surface area contributed by atoms with E-state index in [-0.39, 0.29) is 0 Å². The van der Waals surface area contributed by atoms with Crippen molar-refractivity contribution in [3.8, 4) is 0 Å². The predicted molar refractivity (Wildman–Crippen MR) is 47.4 cm³/mol. The molecule has 0 amide bonds. The van der Waals surface area contributed by atoms with E-state index < -0.39 is 0 Å². The van der Waals surface area contributed by atoms with Gasteiger partial charge < -0.3 is 0 Å². The normalized spacial score (nSPS) is 11.3. The molecule has 0 aliphatic carbocycles. The van der Waals surface area contributed by atoms with Crippen LogP contribution in [-0.4, -0.2) is 9.78 Å². The standard InChI is InChI=1S/C9H14N2/c1-5-6-9-7(2)10-11(4)8(9)3/h5-6H,1-4H3. The van der Waals surface area contributed by atoms with E-state index in [0.717, 1.165) is 5.69 Å². The summed E-state index contributed by atoms with van der Waals surface area (Å²) in [6.07, 6.45) is 4.13. The molecule has 60 valence electrons. The van der Waals surface area contributed by atoms with Crippen molar-refractivity contribution in [1.82, 2.24) is 9.78 Å². The van der Waals surface area contributed by atoms with E-state index in [9.17, 15) is 0 Å². The molecular formula is C9H14N2. The zero-order valence-electron chi connectivity index (χ0n) is 7.55. The summed E-state index contributed by atoms with van der Waals surface area (Å²) in [5.74, 6) is 0. The third-order valence-electron chi connectivity index (χ3n) is 1.90. The Balaban J connectivity index is 3.22. The zero-order chi connectivity index (χ0) is 8.43. The van der Waals surface area contributed by atoms with E-state index in [2.05, 4.69) is 18.1 Å². The van der Waals surface area contributed by atoms with Gasteiger partial charge in [0, 0.05) is 18.3 Å². The Hall–Kier alpha value is -1.05. The molecule has 0 saturated carbocycles. The fourth-order valence-electron chi connectivity index (χ4n) is 1.20. The molecule has 0 atom stereocenters. The fraction of sp³-hybridized carbons (Fsp3) is 0.444. The van der Waals surface area contributed by atoms with E-state index in [0.29, 0.717) is 0 Å². The van der Waals surface area contributed by atoms with Gasteiger partial charge in [-0.15, -0.1) is 0 Å². The van der Waals surface area contributed by atoms with Gasteiger partial charge in [0.2, 0.25) is 0 Å². The molecule has 0 radical (unpaired) electrons. The average Bonchev–Trinajstić information content (AvgIpc) is 2.17. The van der Waals surface area contributed by atoms with Gasteiger partial charge in [-0.1, -0.05) is 12.2 Å². The number of aromatic nitrogens is 2. The topological polar surface area (TPSA) is 17.8 Å². The fourth-order valence-corrected chi connectivity index (χ4v) is 1.20. The molecule has 2 heteroatoms. The molecule has 2 nitrogen and oxygen atoms in total. The molecule has 1 heterocycles. The first-order valence-electron chi connectivity index (χ1n) is 3.79. The Morgan fingerprint density at radius 2 is 2.00 bits per heavy atom. The lowest BCUT2D eigenvalue weighted by Crippen LogP contribution is -1.92. The first-order chi connectivity index (χ1) is 5.16. The largest absolute Gasteiger partial charge is 0.272 e. The molecule has 11 heavy (non-hydrogen) atoms. The Bertz CT molecular complexity index is 282. The predicted octanol–water partition coefficient (Wildman–Crippen LogP) is 2.07. The zero-order valence-corrected chi connectivity index (χ0v) is 7.55. The highest BCUT2D eigenvalue weighted by atomic mass is 15.3. The average molecular weight is 150 g/mol. The summed E-state index contributed by atoms with van der Waals surface area (Å²) in [5, 5.41) is 4.29. The summed E-state index contributed by atoms with van der Waals surface area (Å²) in [5.41, 5.74) is 3.57. The number of allylic oxidation sites excluding steroid dienone is 1. The van der Waals surface area contributed by atoms with Crippen LogP contribution in [0.25, 0.3) is 6.08 Å². The Morgan fingerprint density at radius 1 is 1.36 bits per heavy atom. The molecule has 0 bridgehead atoms. The van der Waals surface area contributed by atoms with Crippen LogP contribution in [0.1, 0.15) is 23.9 Å². The second-order valence-corrected chi connectivity index (χ2v) is 2.71. The van der Waals surface area contributed by atoms with Crippen molar-refractivity contribution in [2.75, 3.05) is 0 Å². The maximum absolute atomic E-state index is 4.29. The van der Waals surface area contributed by atoms with E-state index in [1.165, 1.54) is 11.3 Å². The van der Waals surface area contributed by atoms with E-state index in [1.54, 1.807) is 0 Å². The van der Waals surface area contributed by atoms with Gasteiger partial charge >= 0.3 is 0 Å². The van der Waals surface area contributed by atoms with Crippen molar-refractivity contribution in [2.45, 2.75) is 20.8 Å². The molecule has 1 aromatic heterocycles. The van der Waals surface area contributed by atoms with Crippen LogP contribution < -0.4 is 0 Å². The monoisotopic (exact) mass is 150 g/mol. The molecule has 0 fully saturated rings. The van der Waals surface area contributed by atoms with Crippen LogP contribution >= 0.6 is 0 Å². The van der Waals surface area contributed by atoms with E-state index in [1.807, 2.05) is 31.7 Å². The third-order valence-corrected chi connectivity index (χ3v) is 1.90. The van der Waals surface area contributed by atoms with Crippen LogP contribution in [0.5, 0.6) is 0 Å². The van der Waals surface area contributed by atoms with Crippen molar-refractivity contribution in [3.05, 3.63) is 23.0 Å². The molecule has 1 aromatic rings. The maximum atomic E-state index is 4.29. The van der Waals surface area contributed by atoms with Crippen molar-refractivity contribution in [2.24, 2.45) is 7.05 Å². The molecule has 0 unspecified atom stereocenters. The molecule has 0 saturated heterocycles. The van der Waals surface area contributed by atoms with E-state index in [4.69, 9.17) is 0 Å². The van der Waals surface area contributed by atoms with Gasteiger partial charge in [0.15, 0.2) is 0 Å². The lowest BCUT2D eigenvalue weighted by Gasteiger charge is -1.92. The summed E-state index contributed by atoms with van der Waals surface area (Å²) >= 11 is 0. The SMILES string of the molecule is CC=Cc1c(C)nn(C)c1C. The van der Waals surface area contributed by atoms with Crippen LogP contribution in [0.4, 0.5) is 0 Å². The van der Waals surface area contributed by atoms with Gasteiger partial charge in [0.05, 0.1) is 5.69 Å². The van der Waals surface area contributed by atoms with Crippen molar-refractivity contribution in [1.29, 1.82) is 0 Å². The van der Waals surface area contributed by atoms with Gasteiger partial charge in [0.1, 0.15) is 0 Å². The van der Waals surface area contributed by atoms with Crippen LogP contribution in [0.2, 0.25) is 0 Å². The number of hydrogen-bond donors (Lipinski definition) is 0.